The quantitative estimate of drug-likeness (QED) is 0.120. The summed E-state index contributed by atoms with van der Waals surface area (Å²) in [5.74, 6) is 0. The molecule has 0 saturated carbocycles. The third-order valence-corrected chi connectivity index (χ3v) is 14.6. The van der Waals surface area contributed by atoms with Gasteiger partial charge in [-0.05, 0) is 129 Å². The molecule has 0 aliphatic rings. The third-order valence-electron chi connectivity index (χ3n) is 9.58. The molecule has 9 rings (SSSR count). The van der Waals surface area contributed by atoms with E-state index in [9.17, 15) is 52.7 Å². The van der Waals surface area contributed by atoms with Crippen molar-refractivity contribution >= 4 is 104 Å². The van der Waals surface area contributed by atoms with Crippen LogP contribution in [-0.2, 0) is 24.7 Å². The van der Waals surface area contributed by atoms with Crippen LogP contribution in [0.2, 0.25) is 0 Å². The number of fused-ring (bicyclic) bond motifs is 6. The Morgan fingerprint density at radius 2 is 0.500 bits per heavy atom. The van der Waals surface area contributed by atoms with Gasteiger partial charge in [0.25, 0.3) is 0 Å². The smallest absolute Gasteiger partial charge is 0.166 e. The average molecular weight is 879 g/mol. The van der Waals surface area contributed by atoms with Crippen molar-refractivity contribution in [2.75, 3.05) is 0 Å². The zero-order chi connectivity index (χ0) is 41.1. The highest BCUT2D eigenvalue weighted by Crippen LogP contribution is 2.51. The molecule has 9 aromatic rings. The van der Waals surface area contributed by atoms with E-state index >= 15 is 0 Å². The molecule has 0 unspecified atom stereocenters. The van der Waals surface area contributed by atoms with Crippen LogP contribution in [0, 0.1) is 0 Å². The molecule has 0 fully saturated rings. The Bertz CT molecular complexity index is 2770. The third kappa shape index (κ3) is 6.82. The summed E-state index contributed by atoms with van der Waals surface area (Å²) in [6.45, 7) is 0. The summed E-state index contributed by atoms with van der Waals surface area (Å²) in [6.07, 6.45) is -20.9. The van der Waals surface area contributed by atoms with Crippen LogP contribution in [0.15, 0.2) is 109 Å². The molecule has 0 aliphatic heterocycles. The monoisotopic (exact) mass is 878 g/mol. The van der Waals surface area contributed by atoms with Gasteiger partial charge < -0.3 is 0 Å². The van der Waals surface area contributed by atoms with Gasteiger partial charge in [0.15, 0.2) is 0 Å². The molecule has 16 heteroatoms. The fraction of sp³-hybridized carbons (Fsp3) is 0.0952. The molecule has 0 spiro atoms. The molecule has 0 amide bonds. The lowest BCUT2D eigenvalue weighted by molar-refractivity contribution is -0.144. The van der Waals surface area contributed by atoms with Crippen LogP contribution in [0.3, 0.4) is 0 Å². The number of hydrogen-bond acceptors (Lipinski definition) is 4. The number of benzene rings is 7. The fourth-order valence-corrected chi connectivity index (χ4v) is 11.6. The molecule has 0 atom stereocenters. The minimum Gasteiger partial charge on any atom is -0.166 e. The van der Waals surface area contributed by atoms with Crippen LogP contribution in [-0.4, -0.2) is 0 Å². The topological polar surface area (TPSA) is 0 Å². The lowest BCUT2D eigenvalue weighted by atomic mass is 9.84. The SMILES string of the molecule is FC(F)(F)c1cc(-c2c3cc4sc5ccccc5sc4cc3c(-c3cc(C(F)(F)F)cc(C(F)(F)F)c3)c3cc4sc5ccccc5sc4cc23)cc(C(F)(F)F)c1. The van der Waals surface area contributed by atoms with Crippen molar-refractivity contribution in [3.05, 3.63) is 131 Å². The molecule has 0 saturated heterocycles. The van der Waals surface area contributed by atoms with E-state index in [-0.39, 0.29) is 44.8 Å². The lowest BCUT2D eigenvalue weighted by Gasteiger charge is -2.22. The van der Waals surface area contributed by atoms with E-state index in [0.717, 1.165) is 18.8 Å². The Labute approximate surface area is 334 Å². The van der Waals surface area contributed by atoms with Gasteiger partial charge in [-0.15, -0.1) is 45.3 Å². The minimum absolute atomic E-state index is 0.000128. The van der Waals surface area contributed by atoms with Crippen molar-refractivity contribution in [3.63, 3.8) is 0 Å². The zero-order valence-electron chi connectivity index (χ0n) is 28.6. The van der Waals surface area contributed by atoms with Crippen LogP contribution in [0.25, 0.3) is 81.4 Å². The Hall–Kier alpha value is -4.90. The van der Waals surface area contributed by atoms with Crippen LogP contribution in [0.5, 0.6) is 0 Å². The van der Waals surface area contributed by atoms with E-state index in [1.54, 1.807) is 48.5 Å². The van der Waals surface area contributed by atoms with Gasteiger partial charge in [0.2, 0.25) is 0 Å². The molecule has 2 heterocycles. The maximum atomic E-state index is 14.4. The minimum atomic E-state index is -5.22. The highest BCUT2D eigenvalue weighted by atomic mass is 32.1. The molecular weight excluding hydrogens is 861 g/mol. The highest BCUT2D eigenvalue weighted by Gasteiger charge is 2.39. The van der Waals surface area contributed by atoms with E-state index in [4.69, 9.17) is 0 Å². The van der Waals surface area contributed by atoms with E-state index in [1.807, 2.05) is 24.3 Å². The standard InChI is InChI=1S/C42H18F12S4/c43-39(44,45)21-9-19(10-22(13-21)40(46,47)48)37-25-15-33-34(56-30-6-2-1-5-29(30)55-33)16-26(25)38(20-11-23(41(49,50)51)14-24(12-20)42(52,53)54)28-18-36-35(17-27(28)37)57-31-7-3-4-8-32(31)58-36/h1-18H. The Balaban J connectivity index is 1.55. The molecule has 0 radical (unpaired) electrons. The van der Waals surface area contributed by atoms with Crippen LogP contribution < -0.4 is 0 Å². The Kier molecular flexibility index (Phi) is 8.86. The van der Waals surface area contributed by atoms with Crippen molar-refractivity contribution in [3.8, 4) is 22.3 Å². The van der Waals surface area contributed by atoms with E-state index in [0.29, 0.717) is 43.1 Å². The molecule has 2 aromatic heterocycles. The van der Waals surface area contributed by atoms with Crippen LogP contribution in [0.4, 0.5) is 52.7 Å². The molecule has 58 heavy (non-hydrogen) atoms. The van der Waals surface area contributed by atoms with Gasteiger partial charge in [-0.25, -0.2) is 0 Å². The predicted molar refractivity (Wildman–Crippen MR) is 211 cm³/mol. The summed E-state index contributed by atoms with van der Waals surface area (Å²) in [5, 5.41) is 0.115. The average Bonchev–Trinajstić information content (AvgIpc) is 3.15. The van der Waals surface area contributed by atoms with Gasteiger partial charge in [0, 0.05) is 37.6 Å². The first kappa shape index (κ1) is 38.6. The second kappa shape index (κ2) is 13.3. The number of halogens is 12. The Morgan fingerprint density at radius 3 is 0.707 bits per heavy atom. The zero-order valence-corrected chi connectivity index (χ0v) is 31.8. The van der Waals surface area contributed by atoms with Gasteiger partial charge >= 0.3 is 24.7 Å². The number of rotatable bonds is 2. The largest absolute Gasteiger partial charge is 0.416 e. The first-order valence-electron chi connectivity index (χ1n) is 16.8. The van der Waals surface area contributed by atoms with E-state index in [1.165, 1.54) is 45.3 Å². The second-order valence-corrected chi connectivity index (χ2v) is 17.7. The first-order valence-corrected chi connectivity index (χ1v) is 20.1. The van der Waals surface area contributed by atoms with Gasteiger partial charge in [-0.2, -0.15) is 52.7 Å². The van der Waals surface area contributed by atoms with Crippen molar-refractivity contribution in [1.29, 1.82) is 0 Å². The first-order chi connectivity index (χ1) is 27.2. The summed E-state index contributed by atoms with van der Waals surface area (Å²) < 4.78 is 178. The molecule has 0 N–H and O–H groups in total. The van der Waals surface area contributed by atoms with Crippen LogP contribution in [0.1, 0.15) is 22.3 Å². The van der Waals surface area contributed by atoms with E-state index in [2.05, 4.69) is 0 Å². The van der Waals surface area contributed by atoms with Crippen LogP contribution >= 0.6 is 45.3 Å². The second-order valence-electron chi connectivity index (χ2n) is 13.3. The molecule has 0 nitrogen and oxygen atoms in total. The number of alkyl halides is 12. The highest BCUT2D eigenvalue weighted by molar-refractivity contribution is 7.36. The predicted octanol–water partition coefficient (Wildman–Crippen LogP) is 17.4. The van der Waals surface area contributed by atoms with Crippen molar-refractivity contribution in [2.45, 2.75) is 24.7 Å². The van der Waals surface area contributed by atoms with Crippen molar-refractivity contribution in [1.82, 2.24) is 0 Å². The summed E-state index contributed by atoms with van der Waals surface area (Å²) in [6, 6.07) is 22.9. The fourth-order valence-electron chi connectivity index (χ4n) is 7.09. The molecule has 0 bridgehead atoms. The molecule has 0 aliphatic carbocycles. The summed E-state index contributed by atoms with van der Waals surface area (Å²) in [4.78, 5) is 0. The summed E-state index contributed by atoms with van der Waals surface area (Å²) in [5.41, 5.74) is -7.57. The summed E-state index contributed by atoms with van der Waals surface area (Å²) >= 11 is 5.06. The van der Waals surface area contributed by atoms with Crippen molar-refractivity contribution < 1.29 is 52.7 Å². The van der Waals surface area contributed by atoms with Gasteiger partial charge in [0.05, 0.1) is 22.3 Å². The van der Waals surface area contributed by atoms with E-state index < -0.39 is 58.1 Å². The maximum absolute atomic E-state index is 14.4. The van der Waals surface area contributed by atoms with Gasteiger partial charge in [-0.1, -0.05) is 24.3 Å². The lowest BCUT2D eigenvalue weighted by Crippen LogP contribution is -2.11. The maximum Gasteiger partial charge on any atom is 0.416 e. The Morgan fingerprint density at radius 1 is 0.276 bits per heavy atom. The normalized spacial score (nSPS) is 13.2. The van der Waals surface area contributed by atoms with Gasteiger partial charge in [0.1, 0.15) is 0 Å². The summed E-state index contributed by atoms with van der Waals surface area (Å²) in [7, 11) is 0. The van der Waals surface area contributed by atoms with Crippen molar-refractivity contribution in [2.24, 2.45) is 0 Å². The molecule has 7 aromatic carbocycles. The number of hydrogen-bond donors (Lipinski definition) is 0. The molecule has 294 valence electrons. The van der Waals surface area contributed by atoms with Gasteiger partial charge in [-0.3, -0.25) is 0 Å². The molecular formula is C42H18F12S4.